The summed E-state index contributed by atoms with van der Waals surface area (Å²) in [5.74, 6) is 0.626. The average Bonchev–Trinajstić information content (AvgIpc) is 3.19. The quantitative estimate of drug-likeness (QED) is 0.917. The predicted molar refractivity (Wildman–Crippen MR) is 85.1 cm³/mol. The fraction of sp³-hybridized carbons (Fsp3) is 0.471. The first-order valence-electron chi connectivity index (χ1n) is 7.83. The second-order valence-corrected chi connectivity index (χ2v) is 5.77. The number of rotatable bonds is 5. The van der Waals surface area contributed by atoms with Crippen molar-refractivity contribution in [3.63, 3.8) is 0 Å². The van der Waals surface area contributed by atoms with Crippen LogP contribution in [0.2, 0.25) is 0 Å². The minimum atomic E-state index is 0.291. The molecule has 4 nitrogen and oxygen atoms in total. The Balaban J connectivity index is 1.71. The van der Waals surface area contributed by atoms with Crippen molar-refractivity contribution in [2.45, 2.75) is 31.8 Å². The SMILES string of the molecule is CCn1cc(C(CN)N2CCC(c3ccccc3)C2)cn1. The molecular formula is C17H24N4. The molecule has 0 spiro atoms. The number of nitrogens with zero attached hydrogens (tertiary/aromatic N) is 3. The molecule has 112 valence electrons. The van der Waals surface area contributed by atoms with Crippen LogP contribution in [-0.2, 0) is 6.54 Å². The second-order valence-electron chi connectivity index (χ2n) is 5.77. The summed E-state index contributed by atoms with van der Waals surface area (Å²) < 4.78 is 1.97. The first kappa shape index (κ1) is 14.3. The van der Waals surface area contributed by atoms with Crippen LogP contribution in [0.15, 0.2) is 42.7 Å². The molecule has 21 heavy (non-hydrogen) atoms. The van der Waals surface area contributed by atoms with Crippen LogP contribution in [-0.4, -0.2) is 34.3 Å². The van der Waals surface area contributed by atoms with Gasteiger partial charge in [0.15, 0.2) is 0 Å². The lowest BCUT2D eigenvalue weighted by Gasteiger charge is -2.25. The third-order valence-corrected chi connectivity index (χ3v) is 4.52. The second kappa shape index (κ2) is 6.41. The largest absolute Gasteiger partial charge is 0.329 e. The molecule has 2 N–H and O–H groups in total. The first-order valence-corrected chi connectivity index (χ1v) is 7.83. The maximum absolute atomic E-state index is 6.04. The molecule has 0 aliphatic carbocycles. The van der Waals surface area contributed by atoms with Crippen molar-refractivity contribution in [2.75, 3.05) is 19.6 Å². The van der Waals surface area contributed by atoms with E-state index >= 15 is 0 Å². The summed E-state index contributed by atoms with van der Waals surface area (Å²) in [6, 6.07) is 11.1. The van der Waals surface area contributed by atoms with Crippen LogP contribution in [0.25, 0.3) is 0 Å². The van der Waals surface area contributed by atoms with Crippen molar-refractivity contribution in [2.24, 2.45) is 5.73 Å². The summed E-state index contributed by atoms with van der Waals surface area (Å²) in [4.78, 5) is 2.51. The molecule has 2 atom stereocenters. The molecule has 1 aliphatic rings. The molecule has 2 unspecified atom stereocenters. The molecule has 3 rings (SSSR count). The van der Waals surface area contributed by atoms with Crippen LogP contribution >= 0.6 is 0 Å². The molecule has 1 aromatic heterocycles. The maximum Gasteiger partial charge on any atom is 0.0538 e. The Morgan fingerprint density at radius 2 is 2.14 bits per heavy atom. The van der Waals surface area contributed by atoms with Gasteiger partial charge in [-0.2, -0.15) is 5.10 Å². The average molecular weight is 284 g/mol. The lowest BCUT2D eigenvalue weighted by atomic mass is 9.99. The molecular weight excluding hydrogens is 260 g/mol. The van der Waals surface area contributed by atoms with Gasteiger partial charge in [0.25, 0.3) is 0 Å². The Bertz CT molecular complexity index is 563. The first-order chi connectivity index (χ1) is 10.3. The third-order valence-electron chi connectivity index (χ3n) is 4.52. The highest BCUT2D eigenvalue weighted by molar-refractivity contribution is 5.22. The Labute approximate surface area is 126 Å². The van der Waals surface area contributed by atoms with Crippen molar-refractivity contribution < 1.29 is 0 Å². The number of likely N-dealkylation sites (tertiary alicyclic amines) is 1. The van der Waals surface area contributed by atoms with Gasteiger partial charge in [0.1, 0.15) is 0 Å². The van der Waals surface area contributed by atoms with Gasteiger partial charge in [-0.3, -0.25) is 9.58 Å². The summed E-state index contributed by atoms with van der Waals surface area (Å²) >= 11 is 0. The van der Waals surface area contributed by atoms with Crippen molar-refractivity contribution in [3.05, 3.63) is 53.9 Å². The van der Waals surface area contributed by atoms with Crippen LogP contribution in [0, 0.1) is 0 Å². The van der Waals surface area contributed by atoms with Gasteiger partial charge in [0.05, 0.1) is 12.2 Å². The van der Waals surface area contributed by atoms with E-state index in [-0.39, 0.29) is 0 Å². The zero-order valence-electron chi connectivity index (χ0n) is 12.7. The van der Waals surface area contributed by atoms with Crippen LogP contribution in [0.5, 0.6) is 0 Å². The number of hydrogen-bond donors (Lipinski definition) is 1. The molecule has 2 heterocycles. The fourth-order valence-corrected chi connectivity index (χ4v) is 3.29. The van der Waals surface area contributed by atoms with Gasteiger partial charge < -0.3 is 5.73 Å². The number of nitrogens with two attached hydrogens (primary N) is 1. The molecule has 1 fully saturated rings. The van der Waals surface area contributed by atoms with E-state index in [1.54, 1.807) is 0 Å². The van der Waals surface area contributed by atoms with Gasteiger partial charge in [-0.15, -0.1) is 0 Å². The molecule has 4 heteroatoms. The Hall–Kier alpha value is -1.65. The zero-order chi connectivity index (χ0) is 14.7. The van der Waals surface area contributed by atoms with E-state index in [1.807, 2.05) is 10.9 Å². The lowest BCUT2D eigenvalue weighted by Crippen LogP contribution is -2.31. The summed E-state index contributed by atoms with van der Waals surface area (Å²) in [7, 11) is 0. The van der Waals surface area contributed by atoms with Gasteiger partial charge in [0.2, 0.25) is 0 Å². The predicted octanol–water partition coefficient (Wildman–Crippen LogP) is 2.39. The van der Waals surface area contributed by atoms with Gasteiger partial charge in [0, 0.05) is 31.4 Å². The highest BCUT2D eigenvalue weighted by Crippen LogP contribution is 2.32. The Morgan fingerprint density at radius 1 is 1.33 bits per heavy atom. The summed E-state index contributed by atoms with van der Waals surface area (Å²) in [6.07, 6.45) is 5.31. The van der Waals surface area contributed by atoms with E-state index in [0.29, 0.717) is 18.5 Å². The molecule has 0 saturated carbocycles. The Morgan fingerprint density at radius 3 is 2.81 bits per heavy atom. The van der Waals surface area contributed by atoms with E-state index in [9.17, 15) is 0 Å². The Kier molecular flexibility index (Phi) is 4.36. The van der Waals surface area contributed by atoms with Gasteiger partial charge in [-0.1, -0.05) is 30.3 Å². The normalized spacial score (nSPS) is 20.8. The molecule has 0 bridgehead atoms. The zero-order valence-corrected chi connectivity index (χ0v) is 12.7. The van der Waals surface area contributed by atoms with E-state index in [2.05, 4.69) is 53.5 Å². The van der Waals surface area contributed by atoms with E-state index in [4.69, 9.17) is 5.73 Å². The smallest absolute Gasteiger partial charge is 0.0538 e. The summed E-state index contributed by atoms with van der Waals surface area (Å²) in [6.45, 7) is 5.86. The van der Waals surface area contributed by atoms with E-state index in [0.717, 1.165) is 19.6 Å². The summed E-state index contributed by atoms with van der Waals surface area (Å²) in [5.41, 5.74) is 8.73. The maximum atomic E-state index is 6.04. The minimum absolute atomic E-state index is 0.291. The molecule has 1 aliphatic heterocycles. The highest BCUT2D eigenvalue weighted by atomic mass is 15.3. The van der Waals surface area contributed by atoms with Gasteiger partial charge in [-0.25, -0.2) is 0 Å². The monoisotopic (exact) mass is 284 g/mol. The van der Waals surface area contributed by atoms with E-state index < -0.39 is 0 Å². The van der Waals surface area contributed by atoms with Gasteiger partial charge >= 0.3 is 0 Å². The number of aryl methyl sites for hydroxylation is 1. The van der Waals surface area contributed by atoms with Crippen molar-refractivity contribution in [3.8, 4) is 0 Å². The number of hydrogen-bond acceptors (Lipinski definition) is 3. The van der Waals surface area contributed by atoms with Crippen LogP contribution in [0.4, 0.5) is 0 Å². The lowest BCUT2D eigenvalue weighted by molar-refractivity contribution is 0.248. The molecule has 2 aromatic rings. The standard InChI is InChI=1S/C17H24N4/c1-2-21-13-16(11-19-21)17(10-18)20-9-8-15(12-20)14-6-4-3-5-7-14/h3-7,11,13,15,17H,2,8-10,12,18H2,1H3. The fourth-order valence-electron chi connectivity index (χ4n) is 3.29. The van der Waals surface area contributed by atoms with Crippen molar-refractivity contribution >= 4 is 0 Å². The van der Waals surface area contributed by atoms with Crippen molar-refractivity contribution in [1.29, 1.82) is 0 Å². The molecule has 1 saturated heterocycles. The van der Waals surface area contributed by atoms with Crippen LogP contribution < -0.4 is 5.73 Å². The number of aromatic nitrogens is 2. The van der Waals surface area contributed by atoms with Crippen molar-refractivity contribution in [1.82, 2.24) is 14.7 Å². The van der Waals surface area contributed by atoms with E-state index in [1.165, 1.54) is 17.5 Å². The summed E-state index contributed by atoms with van der Waals surface area (Å²) in [5, 5.41) is 4.39. The molecule has 1 aromatic carbocycles. The molecule has 0 amide bonds. The highest BCUT2D eigenvalue weighted by Gasteiger charge is 2.29. The minimum Gasteiger partial charge on any atom is -0.329 e. The van der Waals surface area contributed by atoms with Crippen LogP contribution in [0.1, 0.15) is 36.4 Å². The third kappa shape index (κ3) is 3.01. The topological polar surface area (TPSA) is 47.1 Å². The molecule has 0 radical (unpaired) electrons. The van der Waals surface area contributed by atoms with Crippen LogP contribution in [0.3, 0.4) is 0 Å². The van der Waals surface area contributed by atoms with Gasteiger partial charge in [-0.05, 0) is 31.4 Å². The number of benzene rings is 1.